The average Bonchev–Trinajstić information content (AvgIpc) is 2.33. The Morgan fingerprint density at radius 1 is 1.22 bits per heavy atom. The van der Waals surface area contributed by atoms with Crippen molar-refractivity contribution in [2.24, 2.45) is 0 Å². The summed E-state index contributed by atoms with van der Waals surface area (Å²) < 4.78 is 0. The standard InChI is InChI=1S/C12H17NO4S/c14-6-2-7-18-8-5-13-12(17)11-9(15)3-1-4-10(11)16/h1,3-4,14-16H,2,5-8H2,(H,13,17). The molecule has 0 aliphatic rings. The molecule has 1 amide bonds. The molecule has 0 saturated heterocycles. The highest BCUT2D eigenvalue weighted by atomic mass is 32.2. The highest BCUT2D eigenvalue weighted by Crippen LogP contribution is 2.25. The van der Waals surface area contributed by atoms with Gasteiger partial charge in [-0.25, -0.2) is 0 Å². The van der Waals surface area contributed by atoms with Crippen LogP contribution in [0.1, 0.15) is 16.8 Å². The second-order valence-electron chi connectivity index (χ2n) is 3.62. The van der Waals surface area contributed by atoms with E-state index in [9.17, 15) is 15.0 Å². The van der Waals surface area contributed by atoms with Crippen molar-refractivity contribution >= 4 is 17.7 Å². The molecule has 0 aliphatic heterocycles. The van der Waals surface area contributed by atoms with Crippen LogP contribution < -0.4 is 5.32 Å². The molecule has 0 saturated carbocycles. The number of benzene rings is 1. The van der Waals surface area contributed by atoms with E-state index in [0.717, 1.165) is 17.9 Å². The van der Waals surface area contributed by atoms with Crippen molar-refractivity contribution < 1.29 is 20.1 Å². The van der Waals surface area contributed by atoms with Crippen molar-refractivity contribution in [1.29, 1.82) is 0 Å². The van der Waals surface area contributed by atoms with Crippen LogP contribution in [-0.2, 0) is 0 Å². The molecule has 18 heavy (non-hydrogen) atoms. The summed E-state index contributed by atoms with van der Waals surface area (Å²) in [5, 5.41) is 30.2. The lowest BCUT2D eigenvalue weighted by Gasteiger charge is -2.08. The summed E-state index contributed by atoms with van der Waals surface area (Å²) in [7, 11) is 0. The fourth-order valence-electron chi connectivity index (χ4n) is 1.35. The maximum absolute atomic E-state index is 11.7. The lowest BCUT2D eigenvalue weighted by Crippen LogP contribution is -2.26. The monoisotopic (exact) mass is 271 g/mol. The summed E-state index contributed by atoms with van der Waals surface area (Å²) in [6.45, 7) is 0.619. The number of phenolic OH excluding ortho intramolecular Hbond substituents is 2. The molecule has 1 rings (SSSR count). The maximum atomic E-state index is 11.7. The number of phenols is 2. The lowest BCUT2D eigenvalue weighted by atomic mass is 10.1. The molecule has 0 radical (unpaired) electrons. The highest BCUT2D eigenvalue weighted by molar-refractivity contribution is 7.99. The molecule has 4 N–H and O–H groups in total. The topological polar surface area (TPSA) is 89.8 Å². The number of rotatable bonds is 7. The molecule has 6 heteroatoms. The first-order valence-corrected chi connectivity index (χ1v) is 6.80. The molecular formula is C12H17NO4S. The second kappa shape index (κ2) is 7.84. The maximum Gasteiger partial charge on any atom is 0.258 e. The summed E-state index contributed by atoms with van der Waals surface area (Å²) in [4.78, 5) is 11.7. The van der Waals surface area contributed by atoms with Crippen molar-refractivity contribution in [2.45, 2.75) is 6.42 Å². The van der Waals surface area contributed by atoms with Gasteiger partial charge in [-0.05, 0) is 24.3 Å². The smallest absolute Gasteiger partial charge is 0.258 e. The van der Waals surface area contributed by atoms with Crippen LogP contribution in [0.2, 0.25) is 0 Å². The van der Waals surface area contributed by atoms with Crippen molar-refractivity contribution in [3.05, 3.63) is 23.8 Å². The van der Waals surface area contributed by atoms with Crippen LogP contribution in [0, 0.1) is 0 Å². The zero-order valence-electron chi connectivity index (χ0n) is 9.93. The molecule has 0 heterocycles. The van der Waals surface area contributed by atoms with E-state index >= 15 is 0 Å². The highest BCUT2D eigenvalue weighted by Gasteiger charge is 2.14. The van der Waals surface area contributed by atoms with Gasteiger partial charge in [0.25, 0.3) is 5.91 Å². The van der Waals surface area contributed by atoms with Gasteiger partial charge in [0.05, 0.1) is 0 Å². The summed E-state index contributed by atoms with van der Waals surface area (Å²) in [5.74, 6) is 0.600. The van der Waals surface area contributed by atoms with Crippen LogP contribution in [0.3, 0.4) is 0 Å². The first-order chi connectivity index (χ1) is 8.66. The van der Waals surface area contributed by atoms with Gasteiger partial charge in [-0.2, -0.15) is 11.8 Å². The zero-order chi connectivity index (χ0) is 13.4. The second-order valence-corrected chi connectivity index (χ2v) is 4.84. The molecule has 0 bridgehead atoms. The van der Waals surface area contributed by atoms with Gasteiger partial charge in [0, 0.05) is 18.9 Å². The molecule has 0 aromatic heterocycles. The quantitative estimate of drug-likeness (QED) is 0.554. The first kappa shape index (κ1) is 14.7. The minimum Gasteiger partial charge on any atom is -0.507 e. The third-order valence-corrected chi connectivity index (χ3v) is 3.30. The normalized spacial score (nSPS) is 10.3. The van der Waals surface area contributed by atoms with Gasteiger partial charge < -0.3 is 20.6 Å². The minimum atomic E-state index is -0.492. The van der Waals surface area contributed by atoms with Crippen LogP contribution in [0.25, 0.3) is 0 Å². The molecule has 1 aromatic rings. The van der Waals surface area contributed by atoms with E-state index < -0.39 is 5.91 Å². The number of hydrogen-bond donors (Lipinski definition) is 4. The van der Waals surface area contributed by atoms with Crippen LogP contribution in [0.5, 0.6) is 11.5 Å². The third kappa shape index (κ3) is 4.46. The Balaban J connectivity index is 2.37. The summed E-state index contributed by atoms with van der Waals surface area (Å²) in [6.07, 6.45) is 0.735. The fourth-order valence-corrected chi connectivity index (χ4v) is 2.14. The predicted molar refractivity (Wildman–Crippen MR) is 71.1 cm³/mol. The lowest BCUT2D eigenvalue weighted by molar-refractivity contribution is 0.0950. The molecular weight excluding hydrogens is 254 g/mol. The number of aromatic hydroxyl groups is 2. The summed E-state index contributed by atoms with van der Waals surface area (Å²) in [6, 6.07) is 4.17. The van der Waals surface area contributed by atoms with Crippen LogP contribution in [0.4, 0.5) is 0 Å². The molecule has 0 spiro atoms. The Hall–Kier alpha value is -1.40. The van der Waals surface area contributed by atoms with Crippen LogP contribution in [0.15, 0.2) is 18.2 Å². The number of amides is 1. The average molecular weight is 271 g/mol. The van der Waals surface area contributed by atoms with Gasteiger partial charge in [-0.3, -0.25) is 4.79 Å². The number of aliphatic hydroxyl groups excluding tert-OH is 1. The van der Waals surface area contributed by atoms with E-state index in [-0.39, 0.29) is 23.7 Å². The van der Waals surface area contributed by atoms with Gasteiger partial charge >= 0.3 is 0 Å². The number of hydrogen-bond acceptors (Lipinski definition) is 5. The molecule has 0 fully saturated rings. The van der Waals surface area contributed by atoms with E-state index in [0.29, 0.717) is 6.54 Å². The molecule has 0 atom stereocenters. The van der Waals surface area contributed by atoms with Gasteiger partial charge in [0.15, 0.2) is 0 Å². The Labute approximate surface area is 110 Å². The molecule has 0 aliphatic carbocycles. The van der Waals surface area contributed by atoms with Crippen molar-refractivity contribution in [3.8, 4) is 11.5 Å². The molecule has 0 unspecified atom stereocenters. The van der Waals surface area contributed by atoms with E-state index in [4.69, 9.17) is 5.11 Å². The first-order valence-electron chi connectivity index (χ1n) is 5.64. The number of nitrogens with one attached hydrogen (secondary N) is 1. The van der Waals surface area contributed by atoms with Crippen LogP contribution in [-0.4, -0.2) is 45.9 Å². The van der Waals surface area contributed by atoms with E-state index in [1.165, 1.54) is 18.2 Å². The Kier molecular flexibility index (Phi) is 6.38. The van der Waals surface area contributed by atoms with Gasteiger partial charge in [0.2, 0.25) is 0 Å². The van der Waals surface area contributed by atoms with Gasteiger partial charge in [0.1, 0.15) is 17.1 Å². The third-order valence-electron chi connectivity index (χ3n) is 2.23. The molecule has 5 nitrogen and oxygen atoms in total. The number of aliphatic hydroxyl groups is 1. The zero-order valence-corrected chi connectivity index (χ0v) is 10.7. The SMILES string of the molecule is O=C(NCCSCCCO)c1c(O)cccc1O. The number of carbonyl (C=O) groups excluding carboxylic acids is 1. The molecule has 1 aromatic carbocycles. The molecule has 100 valence electrons. The Morgan fingerprint density at radius 3 is 2.50 bits per heavy atom. The fraction of sp³-hybridized carbons (Fsp3) is 0.417. The van der Waals surface area contributed by atoms with Crippen molar-refractivity contribution in [1.82, 2.24) is 5.32 Å². The van der Waals surface area contributed by atoms with E-state index in [1.807, 2.05) is 0 Å². The van der Waals surface area contributed by atoms with E-state index in [2.05, 4.69) is 5.32 Å². The number of thioether (sulfide) groups is 1. The van der Waals surface area contributed by atoms with Crippen molar-refractivity contribution in [2.75, 3.05) is 24.7 Å². The van der Waals surface area contributed by atoms with Gasteiger partial charge in [-0.1, -0.05) is 6.07 Å². The van der Waals surface area contributed by atoms with E-state index in [1.54, 1.807) is 11.8 Å². The predicted octanol–water partition coefficient (Wildman–Crippen LogP) is 0.943. The largest absolute Gasteiger partial charge is 0.507 e. The Bertz CT molecular complexity index is 377. The van der Waals surface area contributed by atoms with Gasteiger partial charge in [-0.15, -0.1) is 0 Å². The summed E-state index contributed by atoms with van der Waals surface area (Å²) >= 11 is 1.62. The minimum absolute atomic E-state index is 0.0992. The van der Waals surface area contributed by atoms with Crippen molar-refractivity contribution in [3.63, 3.8) is 0 Å². The summed E-state index contributed by atoms with van der Waals surface area (Å²) in [5.41, 5.74) is -0.0992. The Morgan fingerprint density at radius 2 is 1.89 bits per heavy atom. The van der Waals surface area contributed by atoms with Crippen LogP contribution >= 0.6 is 11.8 Å². The number of carbonyl (C=O) groups is 1.